The molecule has 0 aliphatic carbocycles. The van der Waals surface area contributed by atoms with Crippen molar-refractivity contribution in [3.05, 3.63) is 83.7 Å². The normalized spacial score (nSPS) is 11.8. The average molecular weight is 516 g/mol. The number of primary amides is 1. The van der Waals surface area contributed by atoms with Crippen LogP contribution in [0.5, 0.6) is 0 Å². The summed E-state index contributed by atoms with van der Waals surface area (Å²) in [4.78, 5) is 40.9. The summed E-state index contributed by atoms with van der Waals surface area (Å²) in [6, 6.07) is 14.9. The maximum Gasteiger partial charge on any atom is 0.252 e. The maximum atomic E-state index is 13.0. The van der Waals surface area contributed by atoms with Gasteiger partial charge in [0.25, 0.3) is 5.91 Å². The lowest BCUT2D eigenvalue weighted by Crippen LogP contribution is -2.44. The number of aromatic nitrogens is 4. The number of carbonyl (C=O) groups excluding carboxylic acids is 2. The van der Waals surface area contributed by atoms with Gasteiger partial charge in [-0.25, -0.2) is 9.97 Å². The van der Waals surface area contributed by atoms with E-state index in [0.717, 1.165) is 36.4 Å². The molecule has 8 N–H and O–H groups in total. The fourth-order valence-electron chi connectivity index (χ4n) is 4.35. The predicted octanol–water partition coefficient (Wildman–Crippen LogP) is 1.42. The third-order valence-electron chi connectivity index (χ3n) is 6.32. The molecule has 0 radical (unpaired) electrons. The Morgan fingerprint density at radius 2 is 1.87 bits per heavy atom. The van der Waals surface area contributed by atoms with Crippen molar-refractivity contribution in [1.29, 1.82) is 0 Å². The number of fused-ring (bicyclic) bond motifs is 1. The van der Waals surface area contributed by atoms with Gasteiger partial charge in [0.2, 0.25) is 5.91 Å². The highest BCUT2D eigenvalue weighted by Gasteiger charge is 2.20. The van der Waals surface area contributed by atoms with E-state index in [1.807, 2.05) is 30.5 Å². The van der Waals surface area contributed by atoms with Crippen molar-refractivity contribution >= 4 is 28.8 Å². The smallest absolute Gasteiger partial charge is 0.252 e. The topological polar surface area (TPSA) is 183 Å². The third-order valence-corrected chi connectivity index (χ3v) is 6.32. The Kier molecular flexibility index (Phi) is 8.70. The largest absolute Gasteiger partial charge is 0.370 e. The number of rotatable bonds is 13. The monoisotopic (exact) mass is 515 g/mol. The summed E-state index contributed by atoms with van der Waals surface area (Å²) in [5.74, 6) is -0.103. The zero-order valence-corrected chi connectivity index (χ0v) is 21.1. The van der Waals surface area contributed by atoms with E-state index < -0.39 is 17.9 Å². The standard InChI is InChI=1S/C27H33N9O2/c28-25(37)21(7-4-13-32-27(29)30)35-26(38)19-8-10-23-22(15-19)34-24(11-9-20-16-31-17-33-20)36(23)14-12-18-5-2-1-3-6-18/h1-3,5-6,8,10,15-17,21H,4,7,9,11-14H2,(H2,28,37)(H,31,33)(H,35,38)(H4,29,30,32)/t21-/m0/s1. The summed E-state index contributed by atoms with van der Waals surface area (Å²) in [5, 5.41) is 2.73. The summed E-state index contributed by atoms with van der Waals surface area (Å²) in [5.41, 5.74) is 20.5. The van der Waals surface area contributed by atoms with Crippen LogP contribution in [0.1, 0.15) is 40.3 Å². The van der Waals surface area contributed by atoms with Crippen LogP contribution in [0.4, 0.5) is 0 Å². The van der Waals surface area contributed by atoms with Gasteiger partial charge in [-0.05, 0) is 49.4 Å². The number of amides is 2. The number of benzene rings is 2. The minimum absolute atomic E-state index is 0.0231. The predicted molar refractivity (Wildman–Crippen MR) is 146 cm³/mol. The van der Waals surface area contributed by atoms with Crippen LogP contribution in [0.2, 0.25) is 0 Å². The van der Waals surface area contributed by atoms with Gasteiger partial charge in [0, 0.05) is 37.0 Å². The molecule has 11 nitrogen and oxygen atoms in total. The number of carbonyl (C=O) groups is 2. The highest BCUT2D eigenvalue weighted by atomic mass is 16.2. The molecular weight excluding hydrogens is 482 g/mol. The molecule has 2 amide bonds. The van der Waals surface area contributed by atoms with Crippen molar-refractivity contribution in [2.75, 3.05) is 6.54 Å². The Bertz CT molecular complexity index is 1390. The lowest BCUT2D eigenvalue weighted by molar-refractivity contribution is -0.120. The number of aliphatic imine (C=N–C) groups is 1. The van der Waals surface area contributed by atoms with Gasteiger partial charge in [0.1, 0.15) is 11.9 Å². The number of guanidine groups is 1. The SMILES string of the molecule is NC(=O)[C@H](CCCN=C(N)N)NC(=O)c1ccc2c(c1)nc(CCc1cnc[nH]1)n2CCc1ccccc1. The summed E-state index contributed by atoms with van der Waals surface area (Å²) < 4.78 is 2.20. The number of H-pyrrole nitrogens is 1. The molecule has 0 saturated heterocycles. The molecule has 0 bridgehead atoms. The Balaban J connectivity index is 1.53. The molecule has 2 aromatic heterocycles. The van der Waals surface area contributed by atoms with Crippen molar-refractivity contribution in [1.82, 2.24) is 24.8 Å². The van der Waals surface area contributed by atoms with Crippen molar-refractivity contribution in [2.45, 2.75) is 44.7 Å². The Morgan fingerprint density at radius 3 is 2.58 bits per heavy atom. The average Bonchev–Trinajstić information content (AvgIpc) is 3.55. The van der Waals surface area contributed by atoms with E-state index in [1.54, 1.807) is 18.5 Å². The fourth-order valence-corrected chi connectivity index (χ4v) is 4.35. The molecule has 0 aliphatic rings. The van der Waals surface area contributed by atoms with Gasteiger partial charge in [0.15, 0.2) is 5.96 Å². The minimum Gasteiger partial charge on any atom is -0.370 e. The Hall–Kier alpha value is -4.67. The maximum absolute atomic E-state index is 13.0. The molecule has 0 aliphatic heterocycles. The molecule has 1 atom stereocenters. The van der Waals surface area contributed by atoms with E-state index in [-0.39, 0.29) is 5.96 Å². The summed E-state index contributed by atoms with van der Waals surface area (Å²) in [6.07, 6.45) is 6.63. The van der Waals surface area contributed by atoms with Gasteiger partial charge in [-0.2, -0.15) is 0 Å². The summed E-state index contributed by atoms with van der Waals surface area (Å²) in [7, 11) is 0. The van der Waals surface area contributed by atoms with Crippen LogP contribution in [-0.2, 0) is 30.6 Å². The zero-order chi connectivity index (χ0) is 26.9. The Labute approximate surface area is 220 Å². The van der Waals surface area contributed by atoms with Gasteiger partial charge < -0.3 is 32.1 Å². The highest BCUT2D eigenvalue weighted by Crippen LogP contribution is 2.21. The van der Waals surface area contributed by atoms with Crippen molar-refractivity contribution in [3.8, 4) is 0 Å². The van der Waals surface area contributed by atoms with Crippen LogP contribution in [0, 0.1) is 0 Å². The van der Waals surface area contributed by atoms with Gasteiger partial charge in [-0.3, -0.25) is 14.6 Å². The van der Waals surface area contributed by atoms with E-state index in [9.17, 15) is 9.59 Å². The molecule has 4 rings (SSSR count). The van der Waals surface area contributed by atoms with Crippen LogP contribution in [-0.4, -0.2) is 49.9 Å². The fraction of sp³-hybridized carbons (Fsp3) is 0.296. The molecule has 2 heterocycles. The quantitative estimate of drug-likeness (QED) is 0.102. The first-order valence-corrected chi connectivity index (χ1v) is 12.6. The molecule has 4 aromatic rings. The van der Waals surface area contributed by atoms with Crippen LogP contribution in [0.25, 0.3) is 11.0 Å². The molecule has 38 heavy (non-hydrogen) atoms. The third kappa shape index (κ3) is 6.96. The summed E-state index contributed by atoms with van der Waals surface area (Å²) >= 11 is 0. The van der Waals surface area contributed by atoms with E-state index in [0.29, 0.717) is 36.9 Å². The molecule has 198 valence electrons. The lowest BCUT2D eigenvalue weighted by Gasteiger charge is -2.15. The second-order valence-electron chi connectivity index (χ2n) is 9.07. The number of aryl methyl sites for hydroxylation is 4. The Morgan fingerprint density at radius 1 is 1.05 bits per heavy atom. The van der Waals surface area contributed by atoms with Crippen LogP contribution in [0.3, 0.4) is 0 Å². The molecule has 11 heteroatoms. The first-order chi connectivity index (χ1) is 18.4. The first kappa shape index (κ1) is 26.4. The zero-order valence-electron chi connectivity index (χ0n) is 21.1. The van der Waals surface area contributed by atoms with E-state index >= 15 is 0 Å². The second-order valence-corrected chi connectivity index (χ2v) is 9.07. The number of hydrogen-bond donors (Lipinski definition) is 5. The molecular formula is C27H33N9O2. The van der Waals surface area contributed by atoms with Crippen molar-refractivity contribution < 1.29 is 9.59 Å². The number of imidazole rings is 2. The molecule has 0 spiro atoms. The highest BCUT2D eigenvalue weighted by molar-refractivity contribution is 5.99. The molecule has 0 saturated carbocycles. The number of hydrogen-bond acceptors (Lipinski definition) is 5. The number of nitrogens with one attached hydrogen (secondary N) is 2. The van der Waals surface area contributed by atoms with E-state index in [4.69, 9.17) is 22.2 Å². The summed E-state index contributed by atoms with van der Waals surface area (Å²) in [6.45, 7) is 1.10. The van der Waals surface area contributed by atoms with Crippen LogP contribution >= 0.6 is 0 Å². The van der Waals surface area contributed by atoms with Gasteiger partial charge in [-0.15, -0.1) is 0 Å². The van der Waals surface area contributed by atoms with Gasteiger partial charge >= 0.3 is 0 Å². The lowest BCUT2D eigenvalue weighted by atomic mass is 10.1. The second kappa shape index (κ2) is 12.5. The van der Waals surface area contributed by atoms with Gasteiger partial charge in [0.05, 0.1) is 17.4 Å². The molecule has 2 aromatic carbocycles. The van der Waals surface area contributed by atoms with Crippen LogP contribution < -0.4 is 22.5 Å². The molecule has 0 unspecified atom stereocenters. The number of nitrogens with two attached hydrogens (primary N) is 3. The van der Waals surface area contributed by atoms with E-state index in [1.165, 1.54) is 5.56 Å². The van der Waals surface area contributed by atoms with Gasteiger partial charge in [-0.1, -0.05) is 30.3 Å². The minimum atomic E-state index is -0.833. The van der Waals surface area contributed by atoms with Crippen molar-refractivity contribution in [2.24, 2.45) is 22.2 Å². The van der Waals surface area contributed by atoms with Crippen molar-refractivity contribution in [3.63, 3.8) is 0 Å². The van der Waals surface area contributed by atoms with E-state index in [2.05, 4.69) is 37.0 Å². The number of aromatic amines is 1. The van der Waals surface area contributed by atoms with Crippen LogP contribution in [0.15, 0.2) is 66.0 Å². The first-order valence-electron chi connectivity index (χ1n) is 12.6. The number of nitrogens with zero attached hydrogens (tertiary/aromatic N) is 4. The molecule has 0 fully saturated rings.